The van der Waals surface area contributed by atoms with Crippen LogP contribution in [-0.4, -0.2) is 45.2 Å². The number of esters is 1. The third-order valence-electron chi connectivity index (χ3n) is 4.36. The van der Waals surface area contributed by atoms with Gasteiger partial charge in [0.2, 0.25) is 10.0 Å². The molecule has 0 aromatic heterocycles. The van der Waals surface area contributed by atoms with E-state index >= 15 is 0 Å². The van der Waals surface area contributed by atoms with Gasteiger partial charge >= 0.3 is 5.97 Å². The van der Waals surface area contributed by atoms with Crippen LogP contribution in [0.25, 0.3) is 0 Å². The maximum Gasteiger partial charge on any atom is 0.338 e. The van der Waals surface area contributed by atoms with Crippen LogP contribution < -0.4 is 0 Å². The standard InChI is InChI=1S/C21H25NO5S/c1-5-6-16-8-10-17(11-9-16)20(23)14-27-21(24)19-13-18(12-7-15(19)2)28(25,26)22(3)4/h7-13H,5-6,14H2,1-4H3. The molecule has 0 spiro atoms. The van der Waals surface area contributed by atoms with Gasteiger partial charge in [0, 0.05) is 19.7 Å². The number of Topliss-reactive ketones (excluding diaryl/α,β-unsaturated/α-hetero) is 1. The number of nitrogens with zero attached hydrogens (tertiary/aromatic N) is 1. The minimum absolute atomic E-state index is 0.00658. The molecule has 0 amide bonds. The lowest BCUT2D eigenvalue weighted by molar-refractivity contribution is 0.0473. The average Bonchev–Trinajstić information content (AvgIpc) is 2.66. The normalized spacial score (nSPS) is 11.5. The number of carbonyl (C=O) groups excluding carboxylic acids is 2. The first-order valence-corrected chi connectivity index (χ1v) is 10.4. The minimum Gasteiger partial charge on any atom is -0.454 e. The molecule has 2 aromatic rings. The third-order valence-corrected chi connectivity index (χ3v) is 6.17. The number of carbonyl (C=O) groups is 2. The fourth-order valence-electron chi connectivity index (χ4n) is 2.63. The van der Waals surface area contributed by atoms with Crippen LogP contribution in [0.5, 0.6) is 0 Å². The highest BCUT2D eigenvalue weighted by Crippen LogP contribution is 2.19. The van der Waals surface area contributed by atoms with E-state index in [1.54, 1.807) is 25.1 Å². The predicted octanol–water partition coefficient (Wildman–Crippen LogP) is 3.24. The maximum absolute atomic E-state index is 12.4. The monoisotopic (exact) mass is 403 g/mol. The molecule has 0 radical (unpaired) electrons. The Kier molecular flexibility index (Phi) is 7.10. The van der Waals surface area contributed by atoms with Crippen LogP contribution in [0.4, 0.5) is 0 Å². The van der Waals surface area contributed by atoms with E-state index in [1.165, 1.54) is 26.2 Å². The molecular weight excluding hydrogens is 378 g/mol. The van der Waals surface area contributed by atoms with E-state index in [9.17, 15) is 18.0 Å². The Balaban J connectivity index is 2.11. The second kappa shape index (κ2) is 9.12. The van der Waals surface area contributed by atoms with Crippen molar-refractivity contribution in [1.29, 1.82) is 0 Å². The number of sulfonamides is 1. The third kappa shape index (κ3) is 5.05. The van der Waals surface area contributed by atoms with Gasteiger partial charge < -0.3 is 4.74 Å². The SMILES string of the molecule is CCCc1ccc(C(=O)COC(=O)c2cc(S(=O)(=O)N(C)C)ccc2C)cc1. The molecule has 2 rings (SSSR count). The zero-order valence-corrected chi connectivity index (χ0v) is 17.4. The topological polar surface area (TPSA) is 80.8 Å². The van der Waals surface area contributed by atoms with E-state index < -0.39 is 22.6 Å². The van der Waals surface area contributed by atoms with Crippen molar-refractivity contribution in [1.82, 2.24) is 4.31 Å². The molecular formula is C21H25NO5S. The van der Waals surface area contributed by atoms with Crippen LogP contribution >= 0.6 is 0 Å². The molecule has 0 aliphatic carbocycles. The first kappa shape index (κ1) is 21.8. The number of benzene rings is 2. The van der Waals surface area contributed by atoms with Crippen LogP contribution in [0.3, 0.4) is 0 Å². The molecule has 0 bridgehead atoms. The zero-order chi connectivity index (χ0) is 20.9. The van der Waals surface area contributed by atoms with E-state index in [1.807, 2.05) is 12.1 Å². The molecule has 6 nitrogen and oxygen atoms in total. The molecule has 0 saturated carbocycles. The Labute approximate surface area is 166 Å². The van der Waals surface area contributed by atoms with Crippen molar-refractivity contribution in [3.8, 4) is 0 Å². The summed E-state index contributed by atoms with van der Waals surface area (Å²) in [5, 5.41) is 0. The lowest BCUT2D eigenvalue weighted by Gasteiger charge is -2.13. The number of ether oxygens (including phenoxy) is 1. The molecule has 0 saturated heterocycles. The molecule has 28 heavy (non-hydrogen) atoms. The molecule has 0 unspecified atom stereocenters. The van der Waals surface area contributed by atoms with Crippen molar-refractivity contribution in [3.05, 3.63) is 64.7 Å². The summed E-state index contributed by atoms with van der Waals surface area (Å²) < 4.78 is 30.7. The van der Waals surface area contributed by atoms with Crippen LogP contribution in [0, 0.1) is 6.92 Å². The van der Waals surface area contributed by atoms with Gasteiger partial charge in [0.25, 0.3) is 0 Å². The van der Waals surface area contributed by atoms with Crippen molar-refractivity contribution in [2.24, 2.45) is 0 Å². The summed E-state index contributed by atoms with van der Waals surface area (Å²) in [5.74, 6) is -1.05. The second-order valence-corrected chi connectivity index (χ2v) is 8.86. The number of hydrogen-bond donors (Lipinski definition) is 0. The number of hydrogen-bond acceptors (Lipinski definition) is 5. The lowest BCUT2D eigenvalue weighted by Crippen LogP contribution is -2.23. The van der Waals surface area contributed by atoms with Crippen LogP contribution in [-0.2, 0) is 21.2 Å². The van der Waals surface area contributed by atoms with Gasteiger partial charge in [-0.25, -0.2) is 17.5 Å². The second-order valence-electron chi connectivity index (χ2n) is 6.71. The highest BCUT2D eigenvalue weighted by atomic mass is 32.2. The van der Waals surface area contributed by atoms with E-state index in [0.29, 0.717) is 11.1 Å². The highest BCUT2D eigenvalue weighted by Gasteiger charge is 2.21. The van der Waals surface area contributed by atoms with Crippen molar-refractivity contribution in [3.63, 3.8) is 0 Å². The zero-order valence-electron chi connectivity index (χ0n) is 16.6. The van der Waals surface area contributed by atoms with Crippen LogP contribution in [0.1, 0.15) is 45.2 Å². The Bertz CT molecular complexity index is 963. The van der Waals surface area contributed by atoms with Crippen LogP contribution in [0.2, 0.25) is 0 Å². The Morgan fingerprint density at radius 2 is 1.68 bits per heavy atom. The molecule has 0 atom stereocenters. The summed E-state index contributed by atoms with van der Waals surface area (Å²) in [6.45, 7) is 3.35. The van der Waals surface area contributed by atoms with Crippen molar-refractivity contribution in [2.45, 2.75) is 31.6 Å². The van der Waals surface area contributed by atoms with Gasteiger partial charge in [0.1, 0.15) is 0 Å². The molecule has 2 aromatic carbocycles. The number of aryl methyl sites for hydroxylation is 2. The summed E-state index contributed by atoms with van der Waals surface area (Å²) >= 11 is 0. The first-order valence-electron chi connectivity index (χ1n) is 8.99. The highest BCUT2D eigenvalue weighted by molar-refractivity contribution is 7.89. The molecule has 0 fully saturated rings. The number of rotatable bonds is 8. The number of ketones is 1. The van der Waals surface area contributed by atoms with E-state index in [0.717, 1.165) is 22.7 Å². The molecule has 150 valence electrons. The average molecular weight is 404 g/mol. The Morgan fingerprint density at radius 1 is 1.04 bits per heavy atom. The maximum atomic E-state index is 12.4. The van der Waals surface area contributed by atoms with Gasteiger partial charge in [-0.05, 0) is 36.6 Å². The first-order chi connectivity index (χ1) is 13.2. The van der Waals surface area contributed by atoms with Crippen LogP contribution in [0.15, 0.2) is 47.4 Å². The molecule has 0 aliphatic heterocycles. The predicted molar refractivity (Wildman–Crippen MR) is 107 cm³/mol. The quantitative estimate of drug-likeness (QED) is 0.499. The van der Waals surface area contributed by atoms with Gasteiger partial charge in [-0.15, -0.1) is 0 Å². The Hall–Kier alpha value is -2.51. The van der Waals surface area contributed by atoms with Gasteiger partial charge in [-0.3, -0.25) is 4.79 Å². The van der Waals surface area contributed by atoms with Gasteiger partial charge in [0.15, 0.2) is 12.4 Å². The smallest absolute Gasteiger partial charge is 0.338 e. The van der Waals surface area contributed by atoms with E-state index in [2.05, 4.69) is 6.92 Å². The lowest BCUT2D eigenvalue weighted by atomic mass is 10.1. The van der Waals surface area contributed by atoms with E-state index in [-0.39, 0.29) is 16.2 Å². The summed E-state index contributed by atoms with van der Waals surface area (Å²) in [6, 6.07) is 11.5. The minimum atomic E-state index is -3.67. The Morgan fingerprint density at radius 3 is 2.25 bits per heavy atom. The summed E-state index contributed by atoms with van der Waals surface area (Å²) in [5.41, 5.74) is 2.30. The van der Waals surface area contributed by atoms with Gasteiger partial charge in [-0.1, -0.05) is 43.7 Å². The summed E-state index contributed by atoms with van der Waals surface area (Å²) in [4.78, 5) is 24.7. The van der Waals surface area contributed by atoms with E-state index in [4.69, 9.17) is 4.74 Å². The molecule has 7 heteroatoms. The molecule has 0 heterocycles. The van der Waals surface area contributed by atoms with Gasteiger partial charge in [-0.2, -0.15) is 0 Å². The van der Waals surface area contributed by atoms with Gasteiger partial charge in [0.05, 0.1) is 10.5 Å². The van der Waals surface area contributed by atoms with Crippen molar-refractivity contribution < 1.29 is 22.7 Å². The largest absolute Gasteiger partial charge is 0.454 e. The summed E-state index contributed by atoms with van der Waals surface area (Å²) in [7, 11) is -0.846. The molecule has 0 N–H and O–H groups in total. The fourth-order valence-corrected chi connectivity index (χ4v) is 3.56. The summed E-state index contributed by atoms with van der Waals surface area (Å²) in [6.07, 6.45) is 1.96. The van der Waals surface area contributed by atoms with Crippen molar-refractivity contribution in [2.75, 3.05) is 20.7 Å². The van der Waals surface area contributed by atoms with Crippen molar-refractivity contribution >= 4 is 21.8 Å². The molecule has 0 aliphatic rings. The fraction of sp³-hybridized carbons (Fsp3) is 0.333.